The van der Waals surface area contributed by atoms with Crippen molar-refractivity contribution in [3.05, 3.63) is 53.1 Å². The molecule has 3 N–H and O–H groups in total. The number of aromatic nitrogens is 3. The van der Waals surface area contributed by atoms with Crippen LogP contribution in [0.25, 0.3) is 22.8 Å². The largest absolute Gasteiger partial charge is 0.394 e. The molecule has 30 heavy (non-hydrogen) atoms. The monoisotopic (exact) mass is 448 g/mol. The second-order valence-electron chi connectivity index (χ2n) is 6.18. The minimum Gasteiger partial charge on any atom is -0.394 e. The van der Waals surface area contributed by atoms with Crippen LogP contribution in [0.5, 0.6) is 0 Å². The highest BCUT2D eigenvalue weighted by Gasteiger charge is 2.23. The zero-order chi connectivity index (χ0) is 21.9. The number of nitrogens with zero attached hydrogens (tertiary/aromatic N) is 4. The summed E-state index contributed by atoms with van der Waals surface area (Å²) in [6, 6.07) is 11.7. The van der Waals surface area contributed by atoms with Crippen LogP contribution in [0.3, 0.4) is 0 Å². The van der Waals surface area contributed by atoms with Crippen molar-refractivity contribution in [3.63, 3.8) is 0 Å². The van der Waals surface area contributed by atoms with Crippen molar-refractivity contribution in [2.45, 2.75) is 11.8 Å². The van der Waals surface area contributed by atoms with Gasteiger partial charge in [-0.1, -0.05) is 28.9 Å². The molecule has 1 heterocycles. The number of benzene rings is 2. The van der Waals surface area contributed by atoms with Crippen LogP contribution >= 0.6 is 11.6 Å². The van der Waals surface area contributed by atoms with Crippen LogP contribution in [0.2, 0.25) is 5.02 Å². The molecule has 1 aromatic heterocycles. The third kappa shape index (κ3) is 4.30. The van der Waals surface area contributed by atoms with E-state index in [1.165, 1.54) is 17.8 Å². The maximum Gasteiger partial charge on any atom is 0.241 e. The molecule has 0 fully saturated rings. The van der Waals surface area contributed by atoms with E-state index in [0.29, 0.717) is 40.0 Å². The second-order valence-corrected chi connectivity index (χ2v) is 8.44. The van der Waals surface area contributed by atoms with Crippen molar-refractivity contribution < 1.29 is 13.3 Å². The highest BCUT2D eigenvalue weighted by atomic mass is 35.5. The number of rotatable bonds is 7. The van der Waals surface area contributed by atoms with E-state index in [4.69, 9.17) is 22.2 Å². The summed E-state index contributed by atoms with van der Waals surface area (Å²) in [6.45, 7) is 2.13. The Morgan fingerprint density at radius 2 is 2.00 bits per heavy atom. The normalized spacial score (nSPS) is 12.2. The Morgan fingerprint density at radius 3 is 2.67 bits per heavy atom. The summed E-state index contributed by atoms with van der Waals surface area (Å²) in [6.07, 6.45) is 0. The minimum atomic E-state index is -3.79. The molecule has 0 aliphatic heterocycles. The molecule has 0 saturated heterocycles. The Morgan fingerprint density at radius 1 is 1.27 bits per heavy atom. The molecule has 158 valence electrons. The molecular weight excluding hydrogens is 428 g/mol. The van der Waals surface area contributed by atoms with Gasteiger partial charge in [0.25, 0.3) is 0 Å². The maximum atomic E-state index is 12.6. The maximum absolute atomic E-state index is 12.6. The molecule has 11 heteroatoms. The van der Waals surface area contributed by atoms with Gasteiger partial charge in [-0.2, -0.15) is 5.10 Å². The quantitative estimate of drug-likeness (QED) is 0.325. The first-order valence-electron chi connectivity index (χ1n) is 8.98. The van der Waals surface area contributed by atoms with Gasteiger partial charge in [-0.3, -0.25) is 0 Å². The molecule has 0 saturated carbocycles. The van der Waals surface area contributed by atoms with Gasteiger partial charge in [0.1, 0.15) is 6.61 Å². The van der Waals surface area contributed by atoms with E-state index in [0.717, 1.165) is 0 Å². The average Bonchev–Trinajstić information content (AvgIpc) is 3.13. The van der Waals surface area contributed by atoms with Crippen LogP contribution in [0, 0.1) is 0 Å². The van der Waals surface area contributed by atoms with Crippen molar-refractivity contribution in [3.8, 4) is 22.8 Å². The van der Waals surface area contributed by atoms with Gasteiger partial charge >= 0.3 is 0 Å². The topological polar surface area (TPSA) is 124 Å². The van der Waals surface area contributed by atoms with Crippen LogP contribution in [0.4, 0.5) is 0 Å². The Hall–Kier alpha value is -2.95. The van der Waals surface area contributed by atoms with Gasteiger partial charge in [0.15, 0.2) is 17.5 Å². The number of nitrogens with two attached hydrogens (primary N) is 1. The number of sulfonamides is 1. The fourth-order valence-electron chi connectivity index (χ4n) is 2.77. The molecule has 0 radical (unpaired) electrons. The summed E-state index contributed by atoms with van der Waals surface area (Å²) < 4.78 is 29.0. The number of hydrogen-bond acceptors (Lipinski definition) is 6. The number of amidine groups is 1. The van der Waals surface area contributed by atoms with Crippen LogP contribution in [-0.2, 0) is 21.9 Å². The van der Waals surface area contributed by atoms with Gasteiger partial charge in [-0.25, -0.2) is 22.8 Å². The van der Waals surface area contributed by atoms with E-state index >= 15 is 0 Å². The SMILES string of the molecule is CCO/N=C(\N)c1ccc(S(=O)(=O)NC)c(-c2nc(-c3ccccc3Cl)nn2C)c1. The Labute approximate surface area is 179 Å². The van der Waals surface area contributed by atoms with E-state index in [1.807, 2.05) is 6.07 Å². The predicted molar refractivity (Wildman–Crippen MR) is 115 cm³/mol. The van der Waals surface area contributed by atoms with E-state index in [1.54, 1.807) is 44.3 Å². The van der Waals surface area contributed by atoms with Crippen LogP contribution in [0.1, 0.15) is 12.5 Å². The van der Waals surface area contributed by atoms with E-state index < -0.39 is 10.0 Å². The fourth-order valence-corrected chi connectivity index (χ4v) is 3.90. The Bertz CT molecular complexity index is 1210. The Kier molecular flexibility index (Phi) is 6.40. The number of halogens is 1. The summed E-state index contributed by atoms with van der Waals surface area (Å²) in [5.41, 5.74) is 7.40. The van der Waals surface area contributed by atoms with Crippen LogP contribution < -0.4 is 10.5 Å². The third-order valence-electron chi connectivity index (χ3n) is 4.24. The fraction of sp³-hybridized carbons (Fsp3) is 0.211. The van der Waals surface area contributed by atoms with Gasteiger partial charge in [0.2, 0.25) is 10.0 Å². The first kappa shape index (κ1) is 21.8. The number of oxime groups is 1. The molecule has 0 aliphatic carbocycles. The van der Waals surface area contributed by atoms with E-state index in [9.17, 15) is 8.42 Å². The molecule has 0 atom stereocenters. The van der Waals surface area contributed by atoms with Crippen molar-refractivity contribution >= 4 is 27.5 Å². The lowest BCUT2D eigenvalue weighted by Gasteiger charge is -2.11. The van der Waals surface area contributed by atoms with Crippen molar-refractivity contribution in [1.82, 2.24) is 19.5 Å². The van der Waals surface area contributed by atoms with Crippen LogP contribution in [0.15, 0.2) is 52.5 Å². The average molecular weight is 449 g/mol. The molecule has 3 rings (SSSR count). The van der Waals surface area contributed by atoms with Gasteiger partial charge in [0, 0.05) is 23.7 Å². The summed E-state index contributed by atoms with van der Waals surface area (Å²) in [5, 5.41) is 8.71. The summed E-state index contributed by atoms with van der Waals surface area (Å²) in [5.74, 6) is 0.803. The van der Waals surface area contributed by atoms with E-state index in [2.05, 4.69) is 20.0 Å². The lowest BCUT2D eigenvalue weighted by Crippen LogP contribution is -2.21. The number of hydrogen-bond donors (Lipinski definition) is 2. The molecule has 0 spiro atoms. The zero-order valence-corrected chi connectivity index (χ0v) is 18.2. The molecular formula is C19H21ClN6O3S. The number of nitrogens with one attached hydrogen (secondary N) is 1. The third-order valence-corrected chi connectivity index (χ3v) is 6.05. The van der Waals surface area contributed by atoms with Gasteiger partial charge in [0.05, 0.1) is 9.92 Å². The summed E-state index contributed by atoms with van der Waals surface area (Å²) in [4.78, 5) is 9.57. The lowest BCUT2D eigenvalue weighted by atomic mass is 10.1. The predicted octanol–water partition coefficient (Wildman–Crippen LogP) is 2.37. The standard InChI is InChI=1S/C19H21ClN6O3S/c1-4-29-25-17(21)12-9-10-16(30(27,28)22-2)14(11-12)19-23-18(24-26(19)3)13-7-5-6-8-15(13)20/h5-11,22H,4H2,1-3H3,(H2,21,25). The van der Waals surface area contributed by atoms with Crippen LogP contribution in [-0.4, -0.2) is 42.7 Å². The van der Waals surface area contributed by atoms with Crippen molar-refractivity contribution in [2.24, 2.45) is 17.9 Å². The smallest absolute Gasteiger partial charge is 0.241 e. The molecule has 3 aromatic rings. The summed E-state index contributed by atoms with van der Waals surface area (Å²) in [7, 11) is -0.779. The summed E-state index contributed by atoms with van der Waals surface area (Å²) >= 11 is 6.27. The molecule has 9 nitrogen and oxygen atoms in total. The first-order valence-corrected chi connectivity index (χ1v) is 10.8. The first-order chi connectivity index (χ1) is 14.3. The van der Waals surface area contributed by atoms with Gasteiger partial charge < -0.3 is 10.6 Å². The molecule has 0 amide bonds. The van der Waals surface area contributed by atoms with E-state index in [-0.39, 0.29) is 10.7 Å². The molecule has 0 aliphatic rings. The highest BCUT2D eigenvalue weighted by Crippen LogP contribution is 2.31. The van der Waals surface area contributed by atoms with Gasteiger partial charge in [-0.05, 0) is 44.3 Å². The van der Waals surface area contributed by atoms with Gasteiger partial charge in [-0.15, -0.1) is 0 Å². The zero-order valence-electron chi connectivity index (χ0n) is 16.6. The number of aryl methyl sites for hydroxylation is 1. The van der Waals surface area contributed by atoms with Crippen molar-refractivity contribution in [2.75, 3.05) is 13.7 Å². The highest BCUT2D eigenvalue weighted by molar-refractivity contribution is 7.89. The second kappa shape index (κ2) is 8.82. The molecule has 0 unspecified atom stereocenters. The van der Waals surface area contributed by atoms with Crippen molar-refractivity contribution in [1.29, 1.82) is 0 Å². The minimum absolute atomic E-state index is 0.0270. The molecule has 2 aromatic carbocycles. The Balaban J connectivity index is 2.22. The lowest BCUT2D eigenvalue weighted by molar-refractivity contribution is 0.158. The molecule has 0 bridgehead atoms.